The standard InChI is InChI=1S/C11H23NS/c1-9(2)6-7-12-11-5-4-8-13-10(11)3/h9-12H,4-8H2,1-3H3. The summed E-state index contributed by atoms with van der Waals surface area (Å²) in [6.07, 6.45) is 4.09. The summed E-state index contributed by atoms with van der Waals surface area (Å²) in [7, 11) is 0. The van der Waals surface area contributed by atoms with Crippen LogP contribution in [-0.2, 0) is 0 Å². The summed E-state index contributed by atoms with van der Waals surface area (Å²) < 4.78 is 0. The van der Waals surface area contributed by atoms with Gasteiger partial charge in [0, 0.05) is 11.3 Å². The van der Waals surface area contributed by atoms with E-state index in [4.69, 9.17) is 0 Å². The topological polar surface area (TPSA) is 12.0 Å². The van der Waals surface area contributed by atoms with E-state index < -0.39 is 0 Å². The van der Waals surface area contributed by atoms with Crippen LogP contribution in [0.25, 0.3) is 0 Å². The molecule has 2 atom stereocenters. The van der Waals surface area contributed by atoms with Crippen molar-refractivity contribution in [2.45, 2.75) is 51.3 Å². The summed E-state index contributed by atoms with van der Waals surface area (Å²) in [6.45, 7) is 8.14. The summed E-state index contributed by atoms with van der Waals surface area (Å²) in [5, 5.41) is 4.50. The van der Waals surface area contributed by atoms with Gasteiger partial charge in [-0.3, -0.25) is 0 Å². The van der Waals surface area contributed by atoms with Gasteiger partial charge in [0.1, 0.15) is 0 Å². The summed E-state index contributed by atoms with van der Waals surface area (Å²) >= 11 is 2.12. The Morgan fingerprint density at radius 1 is 1.46 bits per heavy atom. The predicted molar refractivity (Wildman–Crippen MR) is 62.4 cm³/mol. The minimum Gasteiger partial charge on any atom is -0.313 e. The van der Waals surface area contributed by atoms with Crippen LogP contribution in [0, 0.1) is 5.92 Å². The zero-order valence-electron chi connectivity index (χ0n) is 9.18. The summed E-state index contributed by atoms with van der Waals surface area (Å²) in [6, 6.07) is 0.775. The van der Waals surface area contributed by atoms with E-state index in [1.165, 1.54) is 31.6 Å². The molecule has 0 aliphatic carbocycles. The Balaban J connectivity index is 2.11. The van der Waals surface area contributed by atoms with Gasteiger partial charge < -0.3 is 5.32 Å². The molecule has 1 nitrogen and oxygen atoms in total. The molecule has 0 amide bonds. The zero-order chi connectivity index (χ0) is 9.68. The van der Waals surface area contributed by atoms with Crippen molar-refractivity contribution in [3.8, 4) is 0 Å². The van der Waals surface area contributed by atoms with Crippen LogP contribution < -0.4 is 5.32 Å². The third-order valence-corrected chi connectivity index (χ3v) is 4.11. The van der Waals surface area contributed by atoms with E-state index in [1.807, 2.05) is 0 Å². The molecule has 0 aromatic carbocycles. The fourth-order valence-electron chi connectivity index (χ4n) is 1.75. The highest BCUT2D eigenvalue weighted by molar-refractivity contribution is 7.99. The second kappa shape index (κ2) is 5.92. The fourth-order valence-corrected chi connectivity index (χ4v) is 2.92. The van der Waals surface area contributed by atoms with Crippen LogP contribution in [0.1, 0.15) is 40.0 Å². The van der Waals surface area contributed by atoms with Crippen molar-refractivity contribution < 1.29 is 0 Å². The molecule has 0 saturated carbocycles. The predicted octanol–water partition coefficient (Wildman–Crippen LogP) is 2.91. The van der Waals surface area contributed by atoms with Gasteiger partial charge in [-0.2, -0.15) is 11.8 Å². The SMILES string of the molecule is CC(C)CCNC1CCCSC1C. The van der Waals surface area contributed by atoms with Gasteiger partial charge in [0.05, 0.1) is 0 Å². The van der Waals surface area contributed by atoms with Crippen LogP contribution in [0.3, 0.4) is 0 Å². The van der Waals surface area contributed by atoms with Crippen LogP contribution >= 0.6 is 11.8 Å². The molecule has 1 rings (SSSR count). The van der Waals surface area contributed by atoms with Crippen molar-refractivity contribution >= 4 is 11.8 Å². The maximum absolute atomic E-state index is 3.68. The molecule has 1 aliphatic rings. The maximum Gasteiger partial charge on any atom is 0.0184 e. The Labute approximate surface area is 87.1 Å². The highest BCUT2D eigenvalue weighted by Gasteiger charge is 2.20. The molecule has 1 N–H and O–H groups in total. The van der Waals surface area contributed by atoms with Crippen molar-refractivity contribution in [2.24, 2.45) is 5.92 Å². The van der Waals surface area contributed by atoms with Gasteiger partial charge >= 0.3 is 0 Å². The van der Waals surface area contributed by atoms with Gasteiger partial charge in [-0.1, -0.05) is 20.8 Å². The van der Waals surface area contributed by atoms with E-state index >= 15 is 0 Å². The first-order valence-corrected chi connectivity index (χ1v) is 6.60. The number of hydrogen-bond donors (Lipinski definition) is 1. The molecule has 1 aliphatic heterocycles. The van der Waals surface area contributed by atoms with Crippen LogP contribution in [0.4, 0.5) is 0 Å². The molecular weight excluding hydrogens is 178 g/mol. The molecule has 0 aromatic heterocycles. The van der Waals surface area contributed by atoms with Gasteiger partial charge in [-0.05, 0) is 37.5 Å². The van der Waals surface area contributed by atoms with Crippen molar-refractivity contribution in [3.05, 3.63) is 0 Å². The highest BCUT2D eigenvalue weighted by atomic mass is 32.2. The lowest BCUT2D eigenvalue weighted by Crippen LogP contribution is -2.39. The lowest BCUT2D eigenvalue weighted by atomic mass is 10.1. The average Bonchev–Trinajstić information content (AvgIpc) is 2.08. The van der Waals surface area contributed by atoms with Crippen molar-refractivity contribution in [1.29, 1.82) is 0 Å². The Morgan fingerprint density at radius 2 is 2.23 bits per heavy atom. The molecule has 13 heavy (non-hydrogen) atoms. The number of rotatable bonds is 4. The molecule has 0 bridgehead atoms. The van der Waals surface area contributed by atoms with Crippen molar-refractivity contribution in [3.63, 3.8) is 0 Å². The molecule has 2 heteroatoms. The van der Waals surface area contributed by atoms with Crippen molar-refractivity contribution in [1.82, 2.24) is 5.32 Å². The first kappa shape index (κ1) is 11.4. The zero-order valence-corrected chi connectivity index (χ0v) is 9.99. The van der Waals surface area contributed by atoms with E-state index in [0.717, 1.165) is 17.2 Å². The third-order valence-electron chi connectivity index (χ3n) is 2.74. The Kier molecular flexibility index (Phi) is 5.18. The third kappa shape index (κ3) is 4.37. The van der Waals surface area contributed by atoms with E-state index in [0.29, 0.717) is 0 Å². The quantitative estimate of drug-likeness (QED) is 0.750. The monoisotopic (exact) mass is 201 g/mol. The van der Waals surface area contributed by atoms with Gasteiger partial charge in [0.15, 0.2) is 0 Å². The van der Waals surface area contributed by atoms with Crippen molar-refractivity contribution in [2.75, 3.05) is 12.3 Å². The van der Waals surface area contributed by atoms with Crippen LogP contribution in [0.5, 0.6) is 0 Å². The number of thioether (sulfide) groups is 1. The number of nitrogens with one attached hydrogen (secondary N) is 1. The molecule has 1 saturated heterocycles. The lowest BCUT2D eigenvalue weighted by Gasteiger charge is -2.29. The average molecular weight is 201 g/mol. The number of hydrogen-bond acceptors (Lipinski definition) is 2. The highest BCUT2D eigenvalue weighted by Crippen LogP contribution is 2.24. The maximum atomic E-state index is 3.68. The van der Waals surface area contributed by atoms with E-state index in [1.54, 1.807) is 0 Å². The summed E-state index contributed by atoms with van der Waals surface area (Å²) in [5.41, 5.74) is 0. The van der Waals surface area contributed by atoms with Crippen LogP contribution in [0.15, 0.2) is 0 Å². The van der Waals surface area contributed by atoms with Gasteiger partial charge in [0.25, 0.3) is 0 Å². The molecule has 0 spiro atoms. The van der Waals surface area contributed by atoms with E-state index in [9.17, 15) is 0 Å². The largest absolute Gasteiger partial charge is 0.313 e. The molecule has 78 valence electrons. The van der Waals surface area contributed by atoms with E-state index in [-0.39, 0.29) is 0 Å². The normalized spacial score (nSPS) is 29.5. The second-order valence-corrected chi connectivity index (χ2v) is 5.95. The second-order valence-electron chi connectivity index (χ2n) is 4.46. The molecule has 1 fully saturated rings. The minimum atomic E-state index is 0.775. The smallest absolute Gasteiger partial charge is 0.0184 e. The van der Waals surface area contributed by atoms with Crippen LogP contribution in [-0.4, -0.2) is 23.6 Å². The molecule has 2 unspecified atom stereocenters. The van der Waals surface area contributed by atoms with E-state index in [2.05, 4.69) is 37.8 Å². The molecule has 1 heterocycles. The Morgan fingerprint density at radius 3 is 2.85 bits per heavy atom. The summed E-state index contributed by atoms with van der Waals surface area (Å²) in [4.78, 5) is 0. The first-order valence-electron chi connectivity index (χ1n) is 5.55. The molecular formula is C11H23NS. The Bertz CT molecular complexity index is 136. The van der Waals surface area contributed by atoms with Gasteiger partial charge in [-0.25, -0.2) is 0 Å². The Hall–Kier alpha value is 0.310. The fraction of sp³-hybridized carbons (Fsp3) is 1.00. The van der Waals surface area contributed by atoms with Gasteiger partial charge in [-0.15, -0.1) is 0 Å². The minimum absolute atomic E-state index is 0.775. The first-order chi connectivity index (χ1) is 6.20. The van der Waals surface area contributed by atoms with Gasteiger partial charge in [0.2, 0.25) is 0 Å². The lowest BCUT2D eigenvalue weighted by molar-refractivity contribution is 0.435. The summed E-state index contributed by atoms with van der Waals surface area (Å²) in [5.74, 6) is 2.20. The van der Waals surface area contributed by atoms with Crippen LogP contribution in [0.2, 0.25) is 0 Å². The molecule has 0 aromatic rings. The molecule has 0 radical (unpaired) electrons.